The van der Waals surface area contributed by atoms with E-state index in [-0.39, 0.29) is 0 Å². The van der Waals surface area contributed by atoms with Gasteiger partial charge in [-0.25, -0.2) is 9.97 Å². The number of nitrogens with zero attached hydrogens (tertiary/aromatic N) is 4. The Morgan fingerprint density at radius 3 is 3.13 bits per heavy atom. The average Bonchev–Trinajstić information content (AvgIpc) is 3.25. The maximum atomic E-state index is 4.74. The van der Waals surface area contributed by atoms with Gasteiger partial charge in [-0.2, -0.15) is 5.10 Å². The highest BCUT2D eigenvalue weighted by Crippen LogP contribution is 2.22. The lowest BCUT2D eigenvalue weighted by molar-refractivity contribution is 0.576. The van der Waals surface area contributed by atoms with Gasteiger partial charge in [0.05, 0.1) is 11.7 Å². The third-order valence-electron chi connectivity index (χ3n) is 4.42. The molecule has 23 heavy (non-hydrogen) atoms. The summed E-state index contributed by atoms with van der Waals surface area (Å²) in [5, 5.41) is 11.5. The maximum absolute atomic E-state index is 4.74. The monoisotopic (exact) mass is 308 g/mol. The van der Waals surface area contributed by atoms with Crippen molar-refractivity contribution in [2.75, 3.05) is 31.6 Å². The van der Waals surface area contributed by atoms with Crippen molar-refractivity contribution in [1.29, 1.82) is 0 Å². The molecule has 1 aromatic carbocycles. The zero-order valence-electron chi connectivity index (χ0n) is 13.2. The molecular formula is C17H20N6. The van der Waals surface area contributed by atoms with E-state index < -0.39 is 0 Å². The second-order valence-corrected chi connectivity index (χ2v) is 6.15. The molecule has 1 fully saturated rings. The van der Waals surface area contributed by atoms with Crippen molar-refractivity contribution in [2.24, 2.45) is 5.92 Å². The van der Waals surface area contributed by atoms with E-state index >= 15 is 0 Å². The molecule has 3 aromatic rings. The van der Waals surface area contributed by atoms with Crippen molar-refractivity contribution in [3.05, 3.63) is 36.7 Å². The highest BCUT2D eigenvalue weighted by molar-refractivity contribution is 5.82. The normalized spacial score (nSPS) is 17.7. The Balaban J connectivity index is 1.59. The van der Waals surface area contributed by atoms with Gasteiger partial charge in [-0.3, -0.25) is 5.10 Å². The number of H-pyrrole nitrogens is 1. The minimum atomic E-state index is 0.695. The van der Waals surface area contributed by atoms with Crippen LogP contribution in [0.2, 0.25) is 0 Å². The van der Waals surface area contributed by atoms with Crippen LogP contribution in [0.5, 0.6) is 0 Å². The van der Waals surface area contributed by atoms with Crippen molar-refractivity contribution in [3.8, 4) is 11.4 Å². The van der Waals surface area contributed by atoms with Crippen molar-refractivity contribution in [1.82, 2.24) is 25.5 Å². The van der Waals surface area contributed by atoms with Gasteiger partial charge in [-0.05, 0) is 49.7 Å². The molecule has 2 aromatic heterocycles. The molecule has 0 saturated carbocycles. The Bertz CT molecular complexity index is 805. The summed E-state index contributed by atoms with van der Waals surface area (Å²) < 4.78 is 0. The summed E-state index contributed by atoms with van der Waals surface area (Å²) in [7, 11) is 2.10. The van der Waals surface area contributed by atoms with Crippen molar-refractivity contribution < 1.29 is 0 Å². The zero-order valence-corrected chi connectivity index (χ0v) is 13.2. The fourth-order valence-electron chi connectivity index (χ4n) is 3.13. The molecule has 0 bridgehead atoms. The van der Waals surface area contributed by atoms with Crippen LogP contribution in [0.3, 0.4) is 0 Å². The van der Waals surface area contributed by atoms with Gasteiger partial charge >= 0.3 is 0 Å². The zero-order chi connectivity index (χ0) is 15.6. The number of nitrogens with one attached hydrogen (secondary N) is 2. The molecule has 0 spiro atoms. The highest BCUT2D eigenvalue weighted by Gasteiger charge is 2.17. The summed E-state index contributed by atoms with van der Waals surface area (Å²) in [5.74, 6) is 2.41. The number of anilines is 1. The number of benzene rings is 1. The van der Waals surface area contributed by atoms with Gasteiger partial charge in [0.15, 0.2) is 5.82 Å². The minimum Gasteiger partial charge on any atom is -0.359 e. The second-order valence-electron chi connectivity index (χ2n) is 6.15. The smallest absolute Gasteiger partial charge is 0.161 e. The number of aromatic amines is 1. The van der Waals surface area contributed by atoms with Gasteiger partial charge in [0.25, 0.3) is 0 Å². The van der Waals surface area contributed by atoms with Gasteiger partial charge in [0, 0.05) is 30.7 Å². The summed E-state index contributed by atoms with van der Waals surface area (Å²) in [4.78, 5) is 11.4. The van der Waals surface area contributed by atoms with E-state index in [0.29, 0.717) is 5.92 Å². The molecule has 3 heterocycles. The van der Waals surface area contributed by atoms with E-state index in [1.807, 2.05) is 30.6 Å². The topological polar surface area (TPSA) is 69.7 Å². The van der Waals surface area contributed by atoms with Crippen LogP contribution in [0, 0.1) is 5.92 Å². The van der Waals surface area contributed by atoms with Gasteiger partial charge < -0.3 is 10.2 Å². The van der Waals surface area contributed by atoms with Crippen molar-refractivity contribution >= 4 is 16.7 Å². The second kappa shape index (κ2) is 5.96. The van der Waals surface area contributed by atoms with E-state index in [9.17, 15) is 0 Å². The Kier molecular flexibility index (Phi) is 3.67. The van der Waals surface area contributed by atoms with E-state index in [1.165, 1.54) is 6.42 Å². The Hall–Kier alpha value is -2.47. The van der Waals surface area contributed by atoms with E-state index in [0.717, 1.165) is 47.7 Å². The molecule has 0 amide bonds. The lowest BCUT2D eigenvalue weighted by atomic mass is 10.1. The predicted octanol–water partition coefficient (Wildman–Crippen LogP) is 2.07. The Morgan fingerprint density at radius 2 is 2.26 bits per heavy atom. The van der Waals surface area contributed by atoms with Crippen LogP contribution < -0.4 is 10.2 Å². The summed E-state index contributed by atoms with van der Waals surface area (Å²) in [6.45, 7) is 3.24. The van der Waals surface area contributed by atoms with Crippen LogP contribution in [0.4, 0.5) is 5.82 Å². The van der Waals surface area contributed by atoms with Crippen LogP contribution in [0.1, 0.15) is 6.42 Å². The first-order valence-corrected chi connectivity index (χ1v) is 7.98. The minimum absolute atomic E-state index is 0.695. The van der Waals surface area contributed by atoms with Gasteiger partial charge in [0.1, 0.15) is 5.82 Å². The third-order valence-corrected chi connectivity index (χ3v) is 4.42. The molecule has 118 valence electrons. The number of aromatic nitrogens is 4. The fourth-order valence-corrected chi connectivity index (χ4v) is 3.13. The first-order chi connectivity index (χ1) is 11.3. The lowest BCUT2D eigenvalue weighted by Crippen LogP contribution is -2.27. The molecule has 1 saturated heterocycles. The lowest BCUT2D eigenvalue weighted by Gasteiger charge is -2.21. The first kappa shape index (κ1) is 14.1. The number of hydrogen-bond donors (Lipinski definition) is 2. The molecule has 4 rings (SSSR count). The van der Waals surface area contributed by atoms with Gasteiger partial charge in [0.2, 0.25) is 0 Å². The molecule has 1 aliphatic heterocycles. The van der Waals surface area contributed by atoms with E-state index in [2.05, 4.69) is 38.5 Å². The quantitative estimate of drug-likeness (QED) is 0.772. The number of hydrogen-bond acceptors (Lipinski definition) is 5. The molecule has 1 atom stereocenters. The summed E-state index contributed by atoms with van der Waals surface area (Å²) in [6, 6.07) is 8.09. The summed E-state index contributed by atoms with van der Waals surface area (Å²) in [5.41, 5.74) is 2.03. The fraction of sp³-hybridized carbons (Fsp3) is 0.353. The molecule has 6 nitrogen and oxygen atoms in total. The van der Waals surface area contributed by atoms with Crippen molar-refractivity contribution in [3.63, 3.8) is 0 Å². The molecular weight excluding hydrogens is 288 g/mol. The summed E-state index contributed by atoms with van der Waals surface area (Å²) in [6.07, 6.45) is 4.89. The highest BCUT2D eigenvalue weighted by atomic mass is 15.2. The molecule has 1 aliphatic rings. The SMILES string of the molecule is CN(CC1CCNC1)c1ccnc(-c2ccc3[nH]ncc3c2)n1. The molecule has 2 N–H and O–H groups in total. The first-order valence-electron chi connectivity index (χ1n) is 7.98. The molecule has 6 heteroatoms. The Morgan fingerprint density at radius 1 is 1.30 bits per heavy atom. The number of rotatable bonds is 4. The van der Waals surface area contributed by atoms with E-state index in [1.54, 1.807) is 0 Å². The van der Waals surface area contributed by atoms with Crippen LogP contribution in [-0.2, 0) is 0 Å². The molecule has 0 aliphatic carbocycles. The third kappa shape index (κ3) is 2.90. The van der Waals surface area contributed by atoms with Gasteiger partial charge in [-0.1, -0.05) is 0 Å². The summed E-state index contributed by atoms with van der Waals surface area (Å²) >= 11 is 0. The van der Waals surface area contributed by atoms with Crippen LogP contribution in [-0.4, -0.2) is 46.8 Å². The Labute approximate surface area is 135 Å². The molecule has 0 radical (unpaired) electrons. The van der Waals surface area contributed by atoms with Crippen LogP contribution in [0.15, 0.2) is 36.7 Å². The number of fused-ring (bicyclic) bond motifs is 1. The standard InChI is InChI=1S/C17H20N6/c1-23(11-12-4-6-18-9-12)16-5-7-19-17(21-16)13-2-3-15-14(8-13)10-20-22-15/h2-3,5,7-8,10,12,18H,4,6,9,11H2,1H3,(H,20,22). The maximum Gasteiger partial charge on any atom is 0.161 e. The van der Waals surface area contributed by atoms with Crippen molar-refractivity contribution in [2.45, 2.75) is 6.42 Å². The molecule has 1 unspecified atom stereocenters. The van der Waals surface area contributed by atoms with Gasteiger partial charge in [-0.15, -0.1) is 0 Å². The average molecular weight is 308 g/mol. The van der Waals surface area contributed by atoms with E-state index in [4.69, 9.17) is 4.98 Å². The van der Waals surface area contributed by atoms with Crippen LogP contribution in [0.25, 0.3) is 22.3 Å². The predicted molar refractivity (Wildman–Crippen MR) is 91.4 cm³/mol. The van der Waals surface area contributed by atoms with Crippen LogP contribution >= 0.6 is 0 Å². The largest absolute Gasteiger partial charge is 0.359 e.